The zero-order valence-electron chi connectivity index (χ0n) is 12.6. The van der Waals surface area contributed by atoms with Crippen LogP contribution in [0, 0.1) is 6.92 Å². The standard InChI is InChI=1S/C18H20ClNO/c1-13-6-4-5-7-14(13)12-20-17(21)18(2,3)15-8-10-16(19)11-9-15/h4-11H,12H2,1-3H3,(H,20,21). The Labute approximate surface area is 131 Å². The van der Waals surface area contributed by atoms with Crippen molar-refractivity contribution in [2.75, 3.05) is 0 Å². The summed E-state index contributed by atoms with van der Waals surface area (Å²) < 4.78 is 0. The molecule has 0 aliphatic rings. The minimum Gasteiger partial charge on any atom is -0.351 e. The molecular formula is C18H20ClNO. The maximum Gasteiger partial charge on any atom is 0.230 e. The topological polar surface area (TPSA) is 29.1 Å². The van der Waals surface area contributed by atoms with Gasteiger partial charge in [0.1, 0.15) is 0 Å². The lowest BCUT2D eigenvalue weighted by Crippen LogP contribution is -2.39. The van der Waals surface area contributed by atoms with Gasteiger partial charge >= 0.3 is 0 Å². The highest BCUT2D eigenvalue weighted by Crippen LogP contribution is 2.25. The molecule has 0 saturated heterocycles. The second-order valence-corrected chi connectivity index (χ2v) is 6.18. The number of aryl methyl sites for hydroxylation is 1. The lowest BCUT2D eigenvalue weighted by Gasteiger charge is -2.24. The predicted molar refractivity (Wildman–Crippen MR) is 87.5 cm³/mol. The van der Waals surface area contributed by atoms with Gasteiger partial charge in [0.15, 0.2) is 0 Å². The van der Waals surface area contributed by atoms with Crippen LogP contribution in [0.4, 0.5) is 0 Å². The molecule has 2 aromatic rings. The highest BCUT2D eigenvalue weighted by atomic mass is 35.5. The van der Waals surface area contributed by atoms with Crippen LogP contribution in [0.3, 0.4) is 0 Å². The molecule has 110 valence electrons. The van der Waals surface area contributed by atoms with Crippen LogP contribution in [0.15, 0.2) is 48.5 Å². The third-order valence-corrected chi connectivity index (χ3v) is 4.09. The Kier molecular flexibility index (Phi) is 4.69. The summed E-state index contributed by atoms with van der Waals surface area (Å²) in [6.45, 7) is 6.43. The number of carbonyl (C=O) groups is 1. The van der Waals surface area contributed by atoms with Crippen molar-refractivity contribution < 1.29 is 4.79 Å². The van der Waals surface area contributed by atoms with E-state index in [9.17, 15) is 4.79 Å². The van der Waals surface area contributed by atoms with Crippen molar-refractivity contribution in [2.45, 2.75) is 32.7 Å². The number of carbonyl (C=O) groups excluding carboxylic acids is 1. The van der Waals surface area contributed by atoms with E-state index >= 15 is 0 Å². The number of nitrogens with one attached hydrogen (secondary N) is 1. The molecule has 1 amide bonds. The lowest BCUT2D eigenvalue weighted by atomic mass is 9.83. The van der Waals surface area contributed by atoms with Gasteiger partial charge in [-0.15, -0.1) is 0 Å². The summed E-state index contributed by atoms with van der Waals surface area (Å²) >= 11 is 5.90. The van der Waals surface area contributed by atoms with Crippen molar-refractivity contribution in [3.63, 3.8) is 0 Å². The Morgan fingerprint density at radius 1 is 1.10 bits per heavy atom. The molecule has 0 radical (unpaired) electrons. The van der Waals surface area contributed by atoms with Crippen molar-refractivity contribution in [2.24, 2.45) is 0 Å². The predicted octanol–water partition coefficient (Wildman–Crippen LogP) is 4.24. The van der Waals surface area contributed by atoms with Crippen LogP contribution < -0.4 is 5.32 Å². The van der Waals surface area contributed by atoms with Gasteiger partial charge in [-0.05, 0) is 49.6 Å². The molecular weight excluding hydrogens is 282 g/mol. The Bertz CT molecular complexity index is 632. The minimum atomic E-state index is -0.590. The molecule has 0 aliphatic heterocycles. The molecule has 0 atom stereocenters. The van der Waals surface area contributed by atoms with Gasteiger partial charge < -0.3 is 5.32 Å². The van der Waals surface area contributed by atoms with E-state index in [1.165, 1.54) is 5.56 Å². The van der Waals surface area contributed by atoms with Crippen LogP contribution in [0.25, 0.3) is 0 Å². The second kappa shape index (κ2) is 6.31. The zero-order valence-corrected chi connectivity index (χ0v) is 13.4. The molecule has 0 fully saturated rings. The van der Waals surface area contributed by atoms with Crippen molar-refractivity contribution in [3.8, 4) is 0 Å². The fourth-order valence-corrected chi connectivity index (χ4v) is 2.33. The molecule has 0 heterocycles. The number of rotatable bonds is 4. The van der Waals surface area contributed by atoms with Crippen molar-refractivity contribution >= 4 is 17.5 Å². The van der Waals surface area contributed by atoms with E-state index in [0.717, 1.165) is 11.1 Å². The average Bonchev–Trinajstić information content (AvgIpc) is 2.46. The van der Waals surface area contributed by atoms with Gasteiger partial charge in [-0.3, -0.25) is 4.79 Å². The van der Waals surface area contributed by atoms with Crippen molar-refractivity contribution in [3.05, 3.63) is 70.2 Å². The molecule has 2 rings (SSSR count). The molecule has 0 aromatic heterocycles. The van der Waals surface area contributed by atoms with Crippen molar-refractivity contribution in [1.29, 1.82) is 0 Å². The lowest BCUT2D eigenvalue weighted by molar-refractivity contribution is -0.125. The Morgan fingerprint density at radius 3 is 2.33 bits per heavy atom. The maximum absolute atomic E-state index is 12.5. The number of benzene rings is 2. The summed E-state index contributed by atoms with van der Waals surface area (Å²) in [6.07, 6.45) is 0. The molecule has 2 nitrogen and oxygen atoms in total. The van der Waals surface area contributed by atoms with Gasteiger partial charge in [-0.2, -0.15) is 0 Å². The summed E-state index contributed by atoms with van der Waals surface area (Å²) in [5.41, 5.74) is 2.68. The van der Waals surface area contributed by atoms with E-state index in [2.05, 4.69) is 5.32 Å². The van der Waals surface area contributed by atoms with Crippen LogP contribution in [0.2, 0.25) is 5.02 Å². The van der Waals surface area contributed by atoms with Crippen molar-refractivity contribution in [1.82, 2.24) is 5.32 Å². The van der Waals surface area contributed by atoms with E-state index in [1.54, 1.807) is 0 Å². The quantitative estimate of drug-likeness (QED) is 0.899. The molecule has 0 spiro atoms. The average molecular weight is 302 g/mol. The fourth-order valence-electron chi connectivity index (χ4n) is 2.20. The van der Waals surface area contributed by atoms with Gasteiger partial charge in [0.2, 0.25) is 5.91 Å². The summed E-state index contributed by atoms with van der Waals surface area (Å²) in [5.74, 6) is 0.00748. The van der Waals surface area contributed by atoms with Gasteiger partial charge in [0.25, 0.3) is 0 Å². The molecule has 0 unspecified atom stereocenters. The van der Waals surface area contributed by atoms with Gasteiger partial charge in [0, 0.05) is 11.6 Å². The highest BCUT2D eigenvalue weighted by Gasteiger charge is 2.29. The summed E-state index contributed by atoms with van der Waals surface area (Å²) in [7, 11) is 0. The molecule has 3 heteroatoms. The Hall–Kier alpha value is -1.80. The zero-order chi connectivity index (χ0) is 15.5. The third kappa shape index (κ3) is 3.64. The third-order valence-electron chi connectivity index (χ3n) is 3.83. The van der Waals surface area contributed by atoms with Gasteiger partial charge in [0.05, 0.1) is 5.41 Å². The number of hydrogen-bond donors (Lipinski definition) is 1. The van der Waals surface area contributed by atoms with E-state index in [4.69, 9.17) is 11.6 Å². The first-order valence-electron chi connectivity index (χ1n) is 7.00. The molecule has 0 aliphatic carbocycles. The Morgan fingerprint density at radius 2 is 1.71 bits per heavy atom. The second-order valence-electron chi connectivity index (χ2n) is 5.74. The molecule has 0 bridgehead atoms. The van der Waals surface area contributed by atoms with E-state index < -0.39 is 5.41 Å². The van der Waals surface area contributed by atoms with Crippen LogP contribution in [-0.4, -0.2) is 5.91 Å². The molecule has 1 N–H and O–H groups in total. The summed E-state index contributed by atoms with van der Waals surface area (Å²) in [6, 6.07) is 15.5. The van der Waals surface area contributed by atoms with E-state index in [-0.39, 0.29) is 5.91 Å². The Balaban J connectivity index is 2.08. The van der Waals surface area contributed by atoms with Crippen LogP contribution in [-0.2, 0) is 16.8 Å². The largest absolute Gasteiger partial charge is 0.351 e. The SMILES string of the molecule is Cc1ccccc1CNC(=O)C(C)(C)c1ccc(Cl)cc1. The minimum absolute atomic E-state index is 0.00748. The molecule has 0 saturated carbocycles. The summed E-state index contributed by atoms with van der Waals surface area (Å²) in [4.78, 5) is 12.5. The first-order chi connectivity index (χ1) is 9.91. The molecule has 2 aromatic carbocycles. The smallest absolute Gasteiger partial charge is 0.230 e. The molecule has 21 heavy (non-hydrogen) atoms. The van der Waals surface area contributed by atoms with E-state index in [1.807, 2.05) is 69.3 Å². The summed E-state index contributed by atoms with van der Waals surface area (Å²) in [5, 5.41) is 3.70. The first-order valence-corrected chi connectivity index (χ1v) is 7.38. The highest BCUT2D eigenvalue weighted by molar-refractivity contribution is 6.30. The van der Waals surface area contributed by atoms with Crippen LogP contribution in [0.1, 0.15) is 30.5 Å². The normalized spacial score (nSPS) is 11.2. The maximum atomic E-state index is 12.5. The number of amides is 1. The van der Waals surface area contributed by atoms with Crippen LogP contribution in [0.5, 0.6) is 0 Å². The van der Waals surface area contributed by atoms with Gasteiger partial charge in [-0.1, -0.05) is 48.0 Å². The number of hydrogen-bond acceptors (Lipinski definition) is 1. The first kappa shape index (κ1) is 15.6. The van der Waals surface area contributed by atoms with Crippen LogP contribution >= 0.6 is 11.6 Å². The van der Waals surface area contributed by atoms with E-state index in [0.29, 0.717) is 11.6 Å². The fraction of sp³-hybridized carbons (Fsp3) is 0.278. The van der Waals surface area contributed by atoms with Gasteiger partial charge in [-0.25, -0.2) is 0 Å². The number of halogens is 1. The monoisotopic (exact) mass is 301 g/mol.